The second kappa shape index (κ2) is 10.4. The number of methoxy groups -OCH3 is 4. The van der Waals surface area contributed by atoms with Crippen molar-refractivity contribution >= 4 is 11.9 Å². The van der Waals surface area contributed by atoms with Crippen molar-refractivity contribution in [1.82, 2.24) is 0 Å². The maximum atomic E-state index is 12.9. The van der Waals surface area contributed by atoms with Crippen LogP contribution in [0.5, 0.6) is 23.0 Å². The number of ketones is 1. The Balaban J connectivity index is 2.40. The van der Waals surface area contributed by atoms with Crippen molar-refractivity contribution < 1.29 is 23.7 Å². The minimum absolute atomic E-state index is 0.166. The third-order valence-corrected chi connectivity index (χ3v) is 4.45. The summed E-state index contributed by atoms with van der Waals surface area (Å²) < 4.78 is 21.5. The summed E-state index contributed by atoms with van der Waals surface area (Å²) in [5.41, 5.74) is 3.38. The molecule has 0 unspecified atom stereocenters. The van der Waals surface area contributed by atoms with Gasteiger partial charge in [0, 0.05) is 17.7 Å². The van der Waals surface area contributed by atoms with Gasteiger partial charge in [-0.05, 0) is 56.2 Å². The molecule has 5 nitrogen and oxygen atoms in total. The van der Waals surface area contributed by atoms with E-state index in [1.807, 2.05) is 32.0 Å². The molecule has 0 aliphatic carbocycles. The molecule has 0 spiro atoms. The van der Waals surface area contributed by atoms with Crippen LogP contribution in [0.1, 0.15) is 35.3 Å². The van der Waals surface area contributed by atoms with Crippen LogP contribution in [0.4, 0.5) is 0 Å². The Morgan fingerprint density at radius 2 is 1.55 bits per heavy atom. The molecule has 0 saturated carbocycles. The highest BCUT2D eigenvalue weighted by Crippen LogP contribution is 2.31. The molecule has 154 valence electrons. The molecular weight excluding hydrogens is 368 g/mol. The van der Waals surface area contributed by atoms with E-state index in [2.05, 4.69) is 6.08 Å². The molecule has 2 aromatic rings. The summed E-state index contributed by atoms with van der Waals surface area (Å²) in [4.78, 5) is 12.9. The zero-order valence-electron chi connectivity index (χ0n) is 17.9. The zero-order chi connectivity index (χ0) is 21.4. The first-order chi connectivity index (χ1) is 13.9. The molecular formula is C24H28O5. The van der Waals surface area contributed by atoms with E-state index >= 15 is 0 Å². The average molecular weight is 396 g/mol. The predicted molar refractivity (Wildman–Crippen MR) is 116 cm³/mol. The summed E-state index contributed by atoms with van der Waals surface area (Å²) in [6.07, 6.45) is 6.00. The Labute approximate surface area is 172 Å². The number of carbonyl (C=O) groups is 1. The highest BCUT2D eigenvalue weighted by atomic mass is 16.5. The second-order valence-corrected chi connectivity index (χ2v) is 6.66. The molecule has 0 fully saturated rings. The lowest BCUT2D eigenvalue weighted by atomic mass is 10.0. The lowest BCUT2D eigenvalue weighted by Crippen LogP contribution is -2.03. The van der Waals surface area contributed by atoms with Crippen LogP contribution in [-0.4, -0.2) is 34.2 Å². The molecule has 0 aliphatic heterocycles. The van der Waals surface area contributed by atoms with Gasteiger partial charge in [0.15, 0.2) is 5.78 Å². The van der Waals surface area contributed by atoms with E-state index in [-0.39, 0.29) is 5.78 Å². The van der Waals surface area contributed by atoms with Crippen LogP contribution < -0.4 is 18.9 Å². The van der Waals surface area contributed by atoms with Gasteiger partial charge in [0.1, 0.15) is 23.0 Å². The molecule has 0 N–H and O–H groups in total. The van der Waals surface area contributed by atoms with Crippen LogP contribution in [0.3, 0.4) is 0 Å². The third-order valence-electron chi connectivity index (χ3n) is 4.45. The summed E-state index contributed by atoms with van der Waals surface area (Å²) in [6, 6.07) is 9.01. The van der Waals surface area contributed by atoms with Gasteiger partial charge in [0.2, 0.25) is 0 Å². The van der Waals surface area contributed by atoms with Gasteiger partial charge in [-0.2, -0.15) is 0 Å². The average Bonchev–Trinajstić information content (AvgIpc) is 2.74. The molecule has 0 amide bonds. The van der Waals surface area contributed by atoms with Crippen LogP contribution in [0.15, 0.2) is 48.1 Å². The minimum Gasteiger partial charge on any atom is -0.497 e. The van der Waals surface area contributed by atoms with Gasteiger partial charge in [0.25, 0.3) is 0 Å². The van der Waals surface area contributed by atoms with Gasteiger partial charge in [-0.15, -0.1) is 0 Å². The molecule has 0 atom stereocenters. The summed E-state index contributed by atoms with van der Waals surface area (Å²) in [5, 5.41) is 0. The summed E-state index contributed by atoms with van der Waals surface area (Å²) in [7, 11) is 6.32. The van der Waals surface area contributed by atoms with Crippen LogP contribution in [-0.2, 0) is 6.42 Å². The highest BCUT2D eigenvalue weighted by molar-refractivity contribution is 6.09. The van der Waals surface area contributed by atoms with Crippen LogP contribution in [0.25, 0.3) is 6.08 Å². The van der Waals surface area contributed by atoms with Crippen molar-refractivity contribution in [3.05, 3.63) is 64.7 Å². The Bertz CT molecular complexity index is 921. The van der Waals surface area contributed by atoms with Crippen molar-refractivity contribution in [2.45, 2.75) is 20.3 Å². The number of ether oxygens (including phenoxy) is 4. The highest BCUT2D eigenvalue weighted by Gasteiger charge is 2.15. The largest absolute Gasteiger partial charge is 0.497 e. The predicted octanol–water partition coefficient (Wildman–Crippen LogP) is 5.13. The first kappa shape index (κ1) is 22.1. The molecule has 0 bridgehead atoms. The number of carbonyl (C=O) groups excluding carboxylic acids is 1. The third kappa shape index (κ3) is 5.64. The van der Waals surface area contributed by atoms with Crippen molar-refractivity contribution in [1.29, 1.82) is 0 Å². The molecule has 0 saturated heterocycles. The Hall–Kier alpha value is -3.21. The molecule has 0 aromatic heterocycles. The van der Waals surface area contributed by atoms with Crippen molar-refractivity contribution in [3.8, 4) is 23.0 Å². The molecule has 0 aliphatic rings. The van der Waals surface area contributed by atoms with Crippen molar-refractivity contribution in [2.24, 2.45) is 0 Å². The fourth-order valence-electron chi connectivity index (χ4n) is 2.84. The lowest BCUT2D eigenvalue weighted by Gasteiger charge is -2.13. The van der Waals surface area contributed by atoms with Gasteiger partial charge >= 0.3 is 0 Å². The maximum absolute atomic E-state index is 12.9. The lowest BCUT2D eigenvalue weighted by molar-refractivity contribution is 0.104. The molecule has 5 heteroatoms. The number of hydrogen-bond acceptors (Lipinski definition) is 5. The fraction of sp³-hybridized carbons (Fsp3) is 0.292. The van der Waals surface area contributed by atoms with E-state index in [0.717, 1.165) is 11.1 Å². The molecule has 29 heavy (non-hydrogen) atoms. The topological polar surface area (TPSA) is 54.0 Å². The normalized spacial score (nSPS) is 10.6. The Kier molecular flexibility index (Phi) is 7.89. The first-order valence-corrected chi connectivity index (χ1v) is 9.26. The van der Waals surface area contributed by atoms with Crippen LogP contribution in [0.2, 0.25) is 0 Å². The maximum Gasteiger partial charge on any atom is 0.189 e. The van der Waals surface area contributed by atoms with E-state index in [9.17, 15) is 4.79 Å². The molecule has 2 rings (SSSR count). The monoisotopic (exact) mass is 396 g/mol. The Morgan fingerprint density at radius 1 is 0.862 bits per heavy atom. The SMILES string of the molecule is COc1ccc(C=CC(=O)c2cc(CC=C(C)C)c(OC)cc2OC)c(OC)c1. The standard InChI is InChI=1S/C24H28O5/c1-16(2)7-8-18-13-20(24(29-6)15-23(18)28-5)21(25)12-10-17-9-11-19(26-3)14-22(17)27-4/h7,9-15H,8H2,1-6H3. The van der Waals surface area contributed by atoms with Crippen LogP contribution in [0, 0.1) is 0 Å². The van der Waals surface area contributed by atoms with Gasteiger partial charge in [-0.1, -0.05) is 11.6 Å². The minimum atomic E-state index is -0.166. The van der Waals surface area contributed by atoms with Gasteiger partial charge in [0.05, 0.1) is 34.0 Å². The number of benzene rings is 2. The van der Waals surface area contributed by atoms with E-state index in [0.29, 0.717) is 35.0 Å². The van der Waals surface area contributed by atoms with Crippen molar-refractivity contribution in [2.75, 3.05) is 28.4 Å². The van der Waals surface area contributed by atoms with E-state index < -0.39 is 0 Å². The molecule has 2 aromatic carbocycles. The Morgan fingerprint density at radius 3 is 2.14 bits per heavy atom. The molecule has 0 radical (unpaired) electrons. The molecule has 0 heterocycles. The number of hydrogen-bond donors (Lipinski definition) is 0. The van der Waals surface area contributed by atoms with E-state index in [4.69, 9.17) is 18.9 Å². The smallest absolute Gasteiger partial charge is 0.189 e. The van der Waals surface area contributed by atoms with Gasteiger partial charge in [-0.3, -0.25) is 4.79 Å². The summed E-state index contributed by atoms with van der Waals surface area (Å²) >= 11 is 0. The van der Waals surface area contributed by atoms with E-state index in [1.165, 1.54) is 18.8 Å². The van der Waals surface area contributed by atoms with Gasteiger partial charge in [-0.25, -0.2) is 0 Å². The van der Waals surface area contributed by atoms with E-state index in [1.54, 1.807) is 39.5 Å². The first-order valence-electron chi connectivity index (χ1n) is 9.26. The van der Waals surface area contributed by atoms with Gasteiger partial charge < -0.3 is 18.9 Å². The number of rotatable bonds is 9. The van der Waals surface area contributed by atoms with Crippen molar-refractivity contribution in [3.63, 3.8) is 0 Å². The fourth-order valence-corrected chi connectivity index (χ4v) is 2.84. The second-order valence-electron chi connectivity index (χ2n) is 6.66. The summed E-state index contributed by atoms with van der Waals surface area (Å²) in [6.45, 7) is 4.07. The quantitative estimate of drug-likeness (QED) is 0.334. The summed E-state index contributed by atoms with van der Waals surface area (Å²) in [5.74, 6) is 2.31. The number of allylic oxidation sites excluding steroid dienone is 3. The van der Waals surface area contributed by atoms with Crippen LogP contribution >= 0.6 is 0 Å². The zero-order valence-corrected chi connectivity index (χ0v) is 17.9.